The van der Waals surface area contributed by atoms with Crippen molar-refractivity contribution in [3.63, 3.8) is 0 Å². The van der Waals surface area contributed by atoms with Crippen molar-refractivity contribution in [2.45, 2.75) is 25.9 Å². The van der Waals surface area contributed by atoms with E-state index in [0.717, 1.165) is 32.5 Å². The number of halogens is 2. The molecule has 0 atom stereocenters. The predicted octanol–water partition coefficient (Wildman–Crippen LogP) is 4.59. The van der Waals surface area contributed by atoms with Crippen LogP contribution in [0.2, 0.25) is 5.02 Å². The van der Waals surface area contributed by atoms with E-state index in [0.29, 0.717) is 11.4 Å². The standard InChI is InChI=1S/C20H22ClFN2O2/c1-2-24-11-9-15(10-12-24)26-16-6-3-5-14(13-16)23-20(25)19-17(21)7-4-8-18(19)22/h3-8,13,15H,2,9-12H2,1H3,(H,23,25). The quantitative estimate of drug-likeness (QED) is 0.829. The maximum absolute atomic E-state index is 13.9. The van der Waals surface area contributed by atoms with Crippen LogP contribution < -0.4 is 10.1 Å². The zero-order valence-electron chi connectivity index (χ0n) is 14.7. The van der Waals surface area contributed by atoms with Crippen molar-refractivity contribution in [3.8, 4) is 5.75 Å². The molecule has 1 aliphatic rings. The first-order valence-corrected chi connectivity index (χ1v) is 9.19. The van der Waals surface area contributed by atoms with Gasteiger partial charge in [0, 0.05) is 24.8 Å². The van der Waals surface area contributed by atoms with Crippen molar-refractivity contribution in [1.82, 2.24) is 4.90 Å². The van der Waals surface area contributed by atoms with Crippen LogP contribution in [0, 0.1) is 5.82 Å². The minimum atomic E-state index is -0.648. The molecule has 2 aromatic carbocycles. The summed E-state index contributed by atoms with van der Waals surface area (Å²) in [6.45, 7) is 5.29. The molecule has 3 rings (SSSR count). The lowest BCUT2D eigenvalue weighted by Crippen LogP contribution is -2.37. The topological polar surface area (TPSA) is 41.6 Å². The molecule has 0 bridgehead atoms. The second-order valence-corrected chi connectivity index (χ2v) is 6.74. The molecule has 4 nitrogen and oxygen atoms in total. The van der Waals surface area contributed by atoms with Crippen LogP contribution in [0.1, 0.15) is 30.1 Å². The van der Waals surface area contributed by atoms with Gasteiger partial charge >= 0.3 is 0 Å². The van der Waals surface area contributed by atoms with Crippen LogP contribution in [0.25, 0.3) is 0 Å². The van der Waals surface area contributed by atoms with Crippen molar-refractivity contribution >= 4 is 23.2 Å². The Labute approximate surface area is 157 Å². The van der Waals surface area contributed by atoms with E-state index < -0.39 is 11.7 Å². The van der Waals surface area contributed by atoms with E-state index in [1.54, 1.807) is 18.2 Å². The normalized spacial score (nSPS) is 15.7. The summed E-state index contributed by atoms with van der Waals surface area (Å²) in [5.74, 6) is -0.538. The maximum atomic E-state index is 13.9. The van der Waals surface area contributed by atoms with E-state index in [4.69, 9.17) is 16.3 Å². The largest absolute Gasteiger partial charge is 0.490 e. The Morgan fingerprint density at radius 1 is 1.27 bits per heavy atom. The maximum Gasteiger partial charge on any atom is 0.260 e. The fourth-order valence-corrected chi connectivity index (χ4v) is 3.34. The number of nitrogens with one attached hydrogen (secondary N) is 1. The molecule has 2 aromatic rings. The molecule has 1 saturated heterocycles. The minimum absolute atomic E-state index is 0.0811. The number of benzene rings is 2. The summed E-state index contributed by atoms with van der Waals surface area (Å²) in [5.41, 5.74) is 0.380. The smallest absolute Gasteiger partial charge is 0.260 e. The van der Waals surface area contributed by atoms with Gasteiger partial charge in [-0.25, -0.2) is 4.39 Å². The van der Waals surface area contributed by atoms with Crippen molar-refractivity contribution in [1.29, 1.82) is 0 Å². The van der Waals surface area contributed by atoms with E-state index in [1.165, 1.54) is 18.2 Å². The van der Waals surface area contributed by atoms with Gasteiger partial charge in [-0.2, -0.15) is 0 Å². The van der Waals surface area contributed by atoms with Gasteiger partial charge in [-0.1, -0.05) is 30.7 Å². The van der Waals surface area contributed by atoms with Crippen molar-refractivity contribution in [2.75, 3.05) is 25.0 Å². The van der Waals surface area contributed by atoms with Crippen LogP contribution in [-0.4, -0.2) is 36.5 Å². The lowest BCUT2D eigenvalue weighted by Gasteiger charge is -2.31. The van der Waals surface area contributed by atoms with Crippen LogP contribution >= 0.6 is 11.6 Å². The Morgan fingerprint density at radius 3 is 2.69 bits per heavy atom. The second-order valence-electron chi connectivity index (χ2n) is 6.33. The Morgan fingerprint density at radius 2 is 2.00 bits per heavy atom. The van der Waals surface area contributed by atoms with Crippen LogP contribution in [0.5, 0.6) is 5.75 Å². The molecule has 1 heterocycles. The van der Waals surface area contributed by atoms with Crippen molar-refractivity contribution in [2.24, 2.45) is 0 Å². The lowest BCUT2D eigenvalue weighted by atomic mass is 10.1. The average Bonchev–Trinajstić information content (AvgIpc) is 2.62. The monoisotopic (exact) mass is 376 g/mol. The zero-order valence-corrected chi connectivity index (χ0v) is 15.4. The van der Waals surface area contributed by atoms with E-state index in [2.05, 4.69) is 17.1 Å². The summed E-state index contributed by atoms with van der Waals surface area (Å²) in [6.07, 6.45) is 2.13. The number of ether oxygens (including phenoxy) is 1. The third-order valence-corrected chi connectivity index (χ3v) is 4.88. The Hall–Kier alpha value is -2.11. The first kappa shape index (κ1) is 18.7. The molecule has 1 amide bonds. The molecule has 1 fully saturated rings. The molecule has 26 heavy (non-hydrogen) atoms. The summed E-state index contributed by atoms with van der Waals surface area (Å²) < 4.78 is 19.9. The summed E-state index contributed by atoms with van der Waals surface area (Å²) in [4.78, 5) is 14.7. The molecule has 0 aromatic heterocycles. The number of anilines is 1. The minimum Gasteiger partial charge on any atom is -0.490 e. The van der Waals surface area contributed by atoms with Gasteiger partial charge < -0.3 is 15.0 Å². The van der Waals surface area contributed by atoms with Crippen molar-refractivity contribution < 1.29 is 13.9 Å². The van der Waals surface area contributed by atoms with Gasteiger partial charge in [0.25, 0.3) is 5.91 Å². The first-order chi connectivity index (χ1) is 12.6. The summed E-state index contributed by atoms with van der Waals surface area (Å²) in [6, 6.07) is 11.3. The van der Waals surface area contributed by atoms with Gasteiger partial charge in [0.2, 0.25) is 0 Å². The number of hydrogen-bond acceptors (Lipinski definition) is 3. The number of carbonyl (C=O) groups is 1. The van der Waals surface area contributed by atoms with Crippen LogP contribution in [0.3, 0.4) is 0 Å². The predicted molar refractivity (Wildman–Crippen MR) is 102 cm³/mol. The highest BCUT2D eigenvalue weighted by Gasteiger charge is 2.20. The Balaban J connectivity index is 1.65. The number of rotatable bonds is 5. The van der Waals surface area contributed by atoms with E-state index >= 15 is 0 Å². The SMILES string of the molecule is CCN1CCC(Oc2cccc(NC(=O)c3c(F)cccc3Cl)c2)CC1. The highest BCUT2D eigenvalue weighted by atomic mass is 35.5. The highest BCUT2D eigenvalue weighted by molar-refractivity contribution is 6.34. The molecule has 138 valence electrons. The molecule has 1 N–H and O–H groups in total. The van der Waals surface area contributed by atoms with Gasteiger partial charge in [0.1, 0.15) is 17.7 Å². The first-order valence-electron chi connectivity index (χ1n) is 8.81. The Bertz CT molecular complexity index is 756. The summed E-state index contributed by atoms with van der Waals surface area (Å²) >= 11 is 5.94. The zero-order chi connectivity index (χ0) is 18.5. The van der Waals surface area contributed by atoms with Gasteiger partial charge in [0.15, 0.2) is 0 Å². The van der Waals surface area contributed by atoms with Crippen molar-refractivity contribution in [3.05, 3.63) is 58.9 Å². The molecule has 0 radical (unpaired) electrons. The molecule has 0 saturated carbocycles. The molecule has 0 spiro atoms. The second kappa shape index (κ2) is 8.52. The molecule has 0 unspecified atom stereocenters. The number of nitrogens with zero attached hydrogens (tertiary/aromatic N) is 1. The van der Waals surface area contributed by atoms with Gasteiger partial charge in [-0.05, 0) is 43.7 Å². The fourth-order valence-electron chi connectivity index (χ4n) is 3.09. The number of likely N-dealkylation sites (tertiary alicyclic amines) is 1. The number of amides is 1. The molecular weight excluding hydrogens is 355 g/mol. The van der Waals surface area contributed by atoms with Gasteiger partial charge in [-0.3, -0.25) is 4.79 Å². The van der Waals surface area contributed by atoms with Crippen LogP contribution in [-0.2, 0) is 0 Å². The Kier molecular flexibility index (Phi) is 6.12. The number of piperidine rings is 1. The molecule has 6 heteroatoms. The summed E-state index contributed by atoms with van der Waals surface area (Å²) in [5, 5.41) is 2.76. The number of hydrogen-bond donors (Lipinski definition) is 1. The summed E-state index contributed by atoms with van der Waals surface area (Å²) in [7, 11) is 0. The number of carbonyl (C=O) groups excluding carboxylic acids is 1. The molecule has 1 aliphatic heterocycles. The van der Waals surface area contributed by atoms with Gasteiger partial charge in [0.05, 0.1) is 10.6 Å². The average molecular weight is 377 g/mol. The lowest BCUT2D eigenvalue weighted by molar-refractivity contribution is 0.102. The fraction of sp³-hybridized carbons (Fsp3) is 0.350. The highest BCUT2D eigenvalue weighted by Crippen LogP contribution is 2.24. The third kappa shape index (κ3) is 4.54. The van der Waals surface area contributed by atoms with E-state index in [9.17, 15) is 9.18 Å². The van der Waals surface area contributed by atoms with E-state index in [-0.39, 0.29) is 16.7 Å². The third-order valence-electron chi connectivity index (χ3n) is 4.57. The van der Waals surface area contributed by atoms with E-state index in [1.807, 2.05) is 6.07 Å². The van der Waals surface area contributed by atoms with Gasteiger partial charge in [-0.15, -0.1) is 0 Å². The van der Waals surface area contributed by atoms with Crippen LogP contribution in [0.15, 0.2) is 42.5 Å². The molecule has 0 aliphatic carbocycles. The van der Waals surface area contributed by atoms with Crippen LogP contribution in [0.4, 0.5) is 10.1 Å². The molecular formula is C20H22ClFN2O2.